The molecule has 0 atom stereocenters. The van der Waals surface area contributed by atoms with Gasteiger partial charge >= 0.3 is 0 Å². The summed E-state index contributed by atoms with van der Waals surface area (Å²) in [6.45, 7) is 10.5. The van der Waals surface area contributed by atoms with Crippen molar-refractivity contribution in [2.45, 2.75) is 19.6 Å². The Morgan fingerprint density at radius 1 is 1.29 bits per heavy atom. The average molecular weight is 164 g/mol. The Labute approximate surface area is 57.5 Å². The molecule has 0 amide bonds. The van der Waals surface area contributed by atoms with Gasteiger partial charge in [-0.2, -0.15) is 0 Å². The molecule has 0 spiro atoms. The summed E-state index contributed by atoms with van der Waals surface area (Å²) in [7, 11) is -0.867. The van der Waals surface area contributed by atoms with E-state index in [1.165, 1.54) is 0 Å². The van der Waals surface area contributed by atoms with Crippen LogP contribution in [0, 0.1) is 0 Å². The fourth-order valence-electron chi connectivity index (χ4n) is 0. The van der Waals surface area contributed by atoms with Gasteiger partial charge in [0.2, 0.25) is 0 Å². The molecule has 0 aliphatic heterocycles. The van der Waals surface area contributed by atoms with Crippen molar-refractivity contribution in [1.29, 1.82) is 0 Å². The van der Waals surface area contributed by atoms with Crippen molar-refractivity contribution in [2.75, 3.05) is 0 Å². The minimum Gasteiger partial charge on any atom is -0.107 e. The normalized spacial score (nSPS) is 9.57. The van der Waals surface area contributed by atoms with Gasteiger partial charge in [0, 0.05) is 17.1 Å². The van der Waals surface area contributed by atoms with Gasteiger partial charge in [-0.25, -0.2) is 0 Å². The maximum Gasteiger partial charge on any atom is 0.0679 e. The Bertz CT molecular complexity index is 53.6. The van der Waals surface area contributed by atoms with E-state index >= 15 is 0 Å². The first-order valence-corrected chi connectivity index (χ1v) is 5.77. The van der Waals surface area contributed by atoms with Crippen LogP contribution in [-0.4, -0.2) is 8.07 Å². The molecule has 0 saturated carbocycles. The number of rotatable bonds is 1. The van der Waals surface area contributed by atoms with Crippen LogP contribution < -0.4 is 0 Å². The molecular weight excluding hydrogens is 152 g/mol. The Balaban J connectivity index is 0. The standard InChI is InChI=1S/C5H12Si.Cu/c1-5-6(2,3)4;/h5H,1H2,2-4H3;. The van der Waals surface area contributed by atoms with E-state index in [9.17, 15) is 0 Å². The van der Waals surface area contributed by atoms with Crippen LogP contribution in [0.15, 0.2) is 12.3 Å². The van der Waals surface area contributed by atoms with Crippen molar-refractivity contribution >= 4 is 8.07 Å². The van der Waals surface area contributed by atoms with Crippen molar-refractivity contribution in [3.8, 4) is 0 Å². The molecule has 0 unspecified atom stereocenters. The minimum absolute atomic E-state index is 0. The maximum atomic E-state index is 3.69. The zero-order valence-corrected chi connectivity index (χ0v) is 7.03. The summed E-state index contributed by atoms with van der Waals surface area (Å²) in [5, 5.41) is 0. The molecule has 0 heterocycles. The molecule has 0 nitrogen and oxygen atoms in total. The second kappa shape index (κ2) is 3.47. The third-order valence-corrected chi connectivity index (χ3v) is 1.84. The molecular formula is C5H12CuSi. The molecule has 0 aromatic heterocycles. The molecule has 0 aliphatic rings. The number of hydrogen-bond acceptors (Lipinski definition) is 0. The fraction of sp³-hybridized carbons (Fsp3) is 0.600. The molecule has 1 radical (unpaired) electrons. The van der Waals surface area contributed by atoms with Crippen molar-refractivity contribution in [3.05, 3.63) is 12.3 Å². The van der Waals surface area contributed by atoms with Crippen LogP contribution in [0.2, 0.25) is 19.6 Å². The smallest absolute Gasteiger partial charge is 0.0679 e. The van der Waals surface area contributed by atoms with Crippen LogP contribution in [0.4, 0.5) is 0 Å². The summed E-state index contributed by atoms with van der Waals surface area (Å²) in [4.78, 5) is 0. The quantitative estimate of drug-likeness (QED) is 0.520. The number of hydrogen-bond donors (Lipinski definition) is 0. The van der Waals surface area contributed by atoms with E-state index in [1.807, 2.05) is 0 Å². The van der Waals surface area contributed by atoms with Gasteiger partial charge in [0.25, 0.3) is 0 Å². The van der Waals surface area contributed by atoms with E-state index in [2.05, 4.69) is 31.9 Å². The van der Waals surface area contributed by atoms with Gasteiger partial charge < -0.3 is 0 Å². The molecule has 2 heteroatoms. The minimum atomic E-state index is -0.867. The first-order chi connectivity index (χ1) is 2.56. The predicted molar refractivity (Wildman–Crippen MR) is 33.5 cm³/mol. The topological polar surface area (TPSA) is 0 Å². The van der Waals surface area contributed by atoms with E-state index in [-0.39, 0.29) is 17.1 Å². The largest absolute Gasteiger partial charge is 0.107 e. The Kier molecular flexibility index (Phi) is 5.19. The molecule has 47 valence electrons. The van der Waals surface area contributed by atoms with Crippen molar-refractivity contribution in [1.82, 2.24) is 0 Å². The monoisotopic (exact) mass is 163 g/mol. The molecule has 7 heavy (non-hydrogen) atoms. The molecule has 0 saturated heterocycles. The third-order valence-electron chi connectivity index (χ3n) is 0.612. The third kappa shape index (κ3) is 10.7. The van der Waals surface area contributed by atoms with Gasteiger partial charge in [-0.05, 0) is 0 Å². The summed E-state index contributed by atoms with van der Waals surface area (Å²) in [6, 6.07) is 0. The van der Waals surface area contributed by atoms with Crippen LogP contribution in [0.1, 0.15) is 0 Å². The molecule has 0 aromatic rings. The Morgan fingerprint density at radius 3 is 1.43 bits per heavy atom. The van der Waals surface area contributed by atoms with Crippen LogP contribution in [0.3, 0.4) is 0 Å². The summed E-state index contributed by atoms with van der Waals surface area (Å²) < 4.78 is 0. The van der Waals surface area contributed by atoms with Gasteiger partial charge in [0.15, 0.2) is 0 Å². The molecule has 0 aromatic carbocycles. The van der Waals surface area contributed by atoms with Crippen LogP contribution in [0.25, 0.3) is 0 Å². The van der Waals surface area contributed by atoms with Crippen molar-refractivity contribution in [3.63, 3.8) is 0 Å². The van der Waals surface area contributed by atoms with Gasteiger partial charge in [0.1, 0.15) is 0 Å². The molecule has 0 fully saturated rings. The predicted octanol–water partition coefficient (Wildman–Crippen LogP) is 2.05. The van der Waals surface area contributed by atoms with Crippen LogP contribution >= 0.6 is 0 Å². The summed E-state index contributed by atoms with van der Waals surface area (Å²) in [5.74, 6) is 0. The van der Waals surface area contributed by atoms with Gasteiger partial charge in [-0.3, -0.25) is 0 Å². The first kappa shape index (κ1) is 10.5. The van der Waals surface area contributed by atoms with Gasteiger partial charge in [0.05, 0.1) is 8.07 Å². The van der Waals surface area contributed by atoms with Crippen molar-refractivity contribution < 1.29 is 17.1 Å². The molecule has 0 rings (SSSR count). The van der Waals surface area contributed by atoms with E-state index in [0.29, 0.717) is 0 Å². The zero-order chi connectivity index (χ0) is 5.21. The SMILES string of the molecule is C=C[Si](C)(C)C.[Cu]. The maximum absolute atomic E-state index is 3.69. The second-order valence-corrected chi connectivity index (χ2v) is 7.71. The molecule has 0 N–H and O–H groups in total. The van der Waals surface area contributed by atoms with E-state index in [4.69, 9.17) is 0 Å². The average Bonchev–Trinajstić information content (AvgIpc) is 1.35. The van der Waals surface area contributed by atoms with Gasteiger partial charge in [-0.15, -0.1) is 12.3 Å². The zero-order valence-electron chi connectivity index (χ0n) is 5.09. The summed E-state index contributed by atoms with van der Waals surface area (Å²) in [5.41, 5.74) is 2.08. The second-order valence-electron chi connectivity index (χ2n) is 2.57. The first-order valence-electron chi connectivity index (χ1n) is 2.20. The van der Waals surface area contributed by atoms with Crippen LogP contribution in [0.5, 0.6) is 0 Å². The van der Waals surface area contributed by atoms with Crippen molar-refractivity contribution in [2.24, 2.45) is 0 Å². The fourth-order valence-corrected chi connectivity index (χ4v) is 0. The summed E-state index contributed by atoms with van der Waals surface area (Å²) in [6.07, 6.45) is 0. The van der Waals surface area contributed by atoms with Crippen LogP contribution in [-0.2, 0) is 17.1 Å². The Hall–Kier alpha value is 0.476. The van der Waals surface area contributed by atoms with E-state index < -0.39 is 8.07 Å². The molecule has 0 bridgehead atoms. The van der Waals surface area contributed by atoms with E-state index in [0.717, 1.165) is 0 Å². The Morgan fingerprint density at radius 2 is 1.43 bits per heavy atom. The van der Waals surface area contributed by atoms with Gasteiger partial charge in [-0.1, -0.05) is 19.6 Å². The molecule has 0 aliphatic carbocycles. The summed E-state index contributed by atoms with van der Waals surface area (Å²) >= 11 is 0. The van der Waals surface area contributed by atoms with E-state index in [1.54, 1.807) is 0 Å².